The average Bonchev–Trinajstić information content (AvgIpc) is 2.96. The largest absolute Gasteiger partial charge is 0.476 e. The van der Waals surface area contributed by atoms with Gasteiger partial charge in [-0.3, -0.25) is 0 Å². The van der Waals surface area contributed by atoms with Crippen LogP contribution in [0.2, 0.25) is 0 Å². The van der Waals surface area contributed by atoms with E-state index in [1.807, 2.05) is 0 Å². The first-order valence-electron chi connectivity index (χ1n) is 7.31. The zero-order valence-corrected chi connectivity index (χ0v) is 12.9. The molecule has 2 N–H and O–H groups in total. The van der Waals surface area contributed by atoms with Gasteiger partial charge in [0.05, 0.1) is 6.61 Å². The quantitative estimate of drug-likeness (QED) is 0.857. The van der Waals surface area contributed by atoms with Crippen LogP contribution in [-0.2, 0) is 12.8 Å². The Morgan fingerprint density at radius 1 is 1.24 bits per heavy atom. The highest BCUT2D eigenvalue weighted by atomic mass is 32.2. The van der Waals surface area contributed by atoms with E-state index in [4.69, 9.17) is 10.5 Å². The normalized spacial score (nSPS) is 13.2. The summed E-state index contributed by atoms with van der Waals surface area (Å²) in [5.74, 6) is 0.482. The van der Waals surface area contributed by atoms with Crippen molar-refractivity contribution in [3.05, 3.63) is 35.7 Å². The highest BCUT2D eigenvalue weighted by Gasteiger charge is 2.14. The van der Waals surface area contributed by atoms with E-state index >= 15 is 0 Å². The van der Waals surface area contributed by atoms with Gasteiger partial charge in [0.15, 0.2) is 0 Å². The maximum Gasteiger partial charge on any atom is 0.241 e. The molecule has 0 fully saturated rings. The molecule has 0 atom stereocenters. The number of nitrogen functional groups attached to an aromatic ring is 1. The van der Waals surface area contributed by atoms with Gasteiger partial charge >= 0.3 is 0 Å². The molecule has 110 valence electrons. The van der Waals surface area contributed by atoms with Crippen molar-refractivity contribution in [2.45, 2.75) is 42.5 Å². The minimum Gasteiger partial charge on any atom is -0.476 e. The van der Waals surface area contributed by atoms with E-state index in [0.717, 1.165) is 11.4 Å². The van der Waals surface area contributed by atoms with Gasteiger partial charge in [-0.05, 0) is 48.9 Å². The fourth-order valence-electron chi connectivity index (χ4n) is 2.48. The van der Waals surface area contributed by atoms with Crippen molar-refractivity contribution in [3.8, 4) is 5.88 Å². The molecule has 0 bridgehead atoms. The van der Waals surface area contributed by atoms with Crippen LogP contribution in [0.5, 0.6) is 5.88 Å². The maximum atomic E-state index is 6.11. The minimum atomic E-state index is 0.482. The molecule has 0 unspecified atom stereocenters. The molecule has 1 aliphatic rings. The van der Waals surface area contributed by atoms with Crippen LogP contribution in [0.25, 0.3) is 0 Å². The molecular weight excluding hydrogens is 282 g/mol. The average molecular weight is 301 g/mol. The summed E-state index contributed by atoms with van der Waals surface area (Å²) >= 11 is 1.57. The molecule has 1 aromatic carbocycles. The molecular formula is C16H19N3OS. The van der Waals surface area contributed by atoms with Gasteiger partial charge in [-0.25, -0.2) is 4.98 Å². The van der Waals surface area contributed by atoms with Crippen LogP contribution in [0.4, 0.5) is 5.69 Å². The molecule has 0 radical (unpaired) electrons. The third-order valence-electron chi connectivity index (χ3n) is 3.54. The second-order valence-corrected chi connectivity index (χ2v) is 6.19. The Morgan fingerprint density at radius 2 is 2.10 bits per heavy atom. The SMILES string of the molecule is CCCOc1ncnc(Sc2ccc3c(c2)CCC3)c1N. The number of ether oxygens (including phenoxy) is 1. The summed E-state index contributed by atoms with van der Waals surface area (Å²) in [6.07, 6.45) is 6.07. The van der Waals surface area contributed by atoms with E-state index < -0.39 is 0 Å². The van der Waals surface area contributed by atoms with Gasteiger partial charge in [-0.15, -0.1) is 0 Å². The number of nitrogens with two attached hydrogens (primary N) is 1. The second-order valence-electron chi connectivity index (χ2n) is 5.13. The van der Waals surface area contributed by atoms with Gasteiger partial charge in [0.25, 0.3) is 0 Å². The van der Waals surface area contributed by atoms with Crippen molar-refractivity contribution in [1.82, 2.24) is 9.97 Å². The Hall–Kier alpha value is -1.75. The third kappa shape index (κ3) is 3.13. The second kappa shape index (κ2) is 6.35. The summed E-state index contributed by atoms with van der Waals surface area (Å²) in [6, 6.07) is 6.61. The Morgan fingerprint density at radius 3 is 2.95 bits per heavy atom. The standard InChI is InChI=1S/C16H19N3OS/c1-2-8-20-15-14(17)16(19-10-18-15)21-13-7-6-11-4-3-5-12(11)9-13/h6-7,9-10H,2-5,8,17H2,1H3. The van der Waals surface area contributed by atoms with Gasteiger partial charge in [-0.2, -0.15) is 4.98 Å². The number of benzene rings is 1. The summed E-state index contributed by atoms with van der Waals surface area (Å²) in [5, 5.41) is 0.758. The third-order valence-corrected chi connectivity index (χ3v) is 4.55. The first kappa shape index (κ1) is 14.2. The van der Waals surface area contributed by atoms with Crippen LogP contribution in [0.1, 0.15) is 30.9 Å². The molecule has 0 saturated carbocycles. The van der Waals surface area contributed by atoms with E-state index in [1.54, 1.807) is 11.8 Å². The predicted octanol–water partition coefficient (Wildman–Crippen LogP) is 3.49. The summed E-state index contributed by atoms with van der Waals surface area (Å²) in [4.78, 5) is 9.56. The maximum absolute atomic E-state index is 6.11. The molecule has 3 rings (SSSR count). The van der Waals surface area contributed by atoms with Crippen molar-refractivity contribution in [1.29, 1.82) is 0 Å². The summed E-state index contributed by atoms with van der Waals surface area (Å²) in [7, 11) is 0. The van der Waals surface area contributed by atoms with Crippen LogP contribution in [-0.4, -0.2) is 16.6 Å². The van der Waals surface area contributed by atoms with Crippen molar-refractivity contribution >= 4 is 17.4 Å². The lowest BCUT2D eigenvalue weighted by atomic mass is 10.1. The number of rotatable bonds is 5. The van der Waals surface area contributed by atoms with E-state index in [1.165, 1.54) is 41.6 Å². The van der Waals surface area contributed by atoms with Crippen LogP contribution >= 0.6 is 11.8 Å². The van der Waals surface area contributed by atoms with E-state index in [0.29, 0.717) is 18.2 Å². The Bertz CT molecular complexity index is 645. The molecule has 1 heterocycles. The number of nitrogens with zero attached hydrogens (tertiary/aromatic N) is 2. The number of hydrogen-bond acceptors (Lipinski definition) is 5. The molecule has 21 heavy (non-hydrogen) atoms. The lowest BCUT2D eigenvalue weighted by Crippen LogP contribution is -2.03. The molecule has 4 nitrogen and oxygen atoms in total. The van der Waals surface area contributed by atoms with Crippen molar-refractivity contribution < 1.29 is 4.74 Å². The van der Waals surface area contributed by atoms with E-state index in [2.05, 4.69) is 35.1 Å². The van der Waals surface area contributed by atoms with E-state index in [-0.39, 0.29) is 0 Å². The number of fused-ring (bicyclic) bond motifs is 1. The predicted molar refractivity (Wildman–Crippen MR) is 84.8 cm³/mol. The van der Waals surface area contributed by atoms with E-state index in [9.17, 15) is 0 Å². The van der Waals surface area contributed by atoms with Crippen LogP contribution in [0.15, 0.2) is 34.4 Å². The first-order valence-corrected chi connectivity index (χ1v) is 8.12. The molecule has 0 aliphatic heterocycles. The lowest BCUT2D eigenvalue weighted by molar-refractivity contribution is 0.305. The zero-order chi connectivity index (χ0) is 14.7. The van der Waals surface area contributed by atoms with Crippen molar-refractivity contribution in [3.63, 3.8) is 0 Å². The molecule has 0 spiro atoms. The van der Waals surface area contributed by atoms with Crippen LogP contribution in [0.3, 0.4) is 0 Å². The zero-order valence-electron chi connectivity index (χ0n) is 12.1. The molecule has 1 aromatic heterocycles. The van der Waals surface area contributed by atoms with Gasteiger partial charge in [-0.1, -0.05) is 24.8 Å². The summed E-state index contributed by atoms with van der Waals surface area (Å²) in [6.45, 7) is 2.67. The number of aromatic nitrogens is 2. The number of hydrogen-bond donors (Lipinski definition) is 1. The highest BCUT2D eigenvalue weighted by Crippen LogP contribution is 2.36. The summed E-state index contributed by atoms with van der Waals surface area (Å²) in [5.41, 5.74) is 9.57. The lowest BCUT2D eigenvalue weighted by Gasteiger charge is -2.10. The molecule has 0 saturated heterocycles. The number of anilines is 1. The van der Waals surface area contributed by atoms with Crippen molar-refractivity contribution in [2.75, 3.05) is 12.3 Å². The van der Waals surface area contributed by atoms with Gasteiger partial charge in [0.1, 0.15) is 17.0 Å². The fourth-order valence-corrected chi connectivity index (χ4v) is 3.34. The minimum absolute atomic E-state index is 0.482. The smallest absolute Gasteiger partial charge is 0.241 e. The fraction of sp³-hybridized carbons (Fsp3) is 0.375. The molecule has 1 aliphatic carbocycles. The number of aryl methyl sites for hydroxylation is 2. The molecule has 2 aromatic rings. The molecule has 5 heteroatoms. The first-order chi connectivity index (χ1) is 10.3. The van der Waals surface area contributed by atoms with Gasteiger partial charge in [0, 0.05) is 4.90 Å². The topological polar surface area (TPSA) is 61.0 Å². The Balaban J connectivity index is 1.81. The van der Waals surface area contributed by atoms with Crippen molar-refractivity contribution in [2.24, 2.45) is 0 Å². The molecule has 0 amide bonds. The van der Waals surface area contributed by atoms with Crippen LogP contribution in [0, 0.1) is 0 Å². The Kier molecular flexibility index (Phi) is 4.29. The van der Waals surface area contributed by atoms with Gasteiger partial charge in [0.2, 0.25) is 5.88 Å². The Labute approximate surface area is 129 Å². The monoisotopic (exact) mass is 301 g/mol. The van der Waals surface area contributed by atoms with Gasteiger partial charge < -0.3 is 10.5 Å². The highest BCUT2D eigenvalue weighted by molar-refractivity contribution is 7.99. The van der Waals surface area contributed by atoms with Crippen LogP contribution < -0.4 is 10.5 Å². The summed E-state index contributed by atoms with van der Waals surface area (Å²) < 4.78 is 5.55.